The van der Waals surface area contributed by atoms with Gasteiger partial charge in [-0.1, -0.05) is 29.8 Å². The Morgan fingerprint density at radius 1 is 1.00 bits per heavy atom. The van der Waals surface area contributed by atoms with Gasteiger partial charge >= 0.3 is 5.97 Å². The summed E-state index contributed by atoms with van der Waals surface area (Å²) in [6.45, 7) is 5.45. The van der Waals surface area contributed by atoms with Crippen molar-refractivity contribution in [2.75, 3.05) is 5.32 Å². The molecule has 2 aromatic heterocycles. The second-order valence-corrected chi connectivity index (χ2v) is 7.44. The molecule has 0 aliphatic rings. The SMILES string of the molecule is Cc1ccc(-c2nc3ccc(C(=O)OC(C)C(=O)Nc4cc(C)ccn4)cc3[nH]2)cc1. The standard InChI is InChI=1S/C24H22N4O3/c1-14-4-6-17(7-5-14)22-26-19-9-8-18(13-20(19)27-22)24(30)31-16(3)23(29)28-21-12-15(2)10-11-25-21/h4-13,16H,1-3H3,(H,26,27)(H,25,28,29). The van der Waals surface area contributed by atoms with Gasteiger partial charge in [0.05, 0.1) is 16.6 Å². The van der Waals surface area contributed by atoms with Crippen molar-refractivity contribution in [2.45, 2.75) is 26.9 Å². The van der Waals surface area contributed by atoms with E-state index in [0.29, 0.717) is 16.9 Å². The van der Waals surface area contributed by atoms with Gasteiger partial charge in [0, 0.05) is 11.8 Å². The van der Waals surface area contributed by atoms with Crippen LogP contribution >= 0.6 is 0 Å². The average Bonchev–Trinajstić information content (AvgIpc) is 3.17. The Morgan fingerprint density at radius 3 is 2.52 bits per heavy atom. The molecule has 2 N–H and O–H groups in total. The normalized spacial score (nSPS) is 11.8. The van der Waals surface area contributed by atoms with E-state index in [1.165, 1.54) is 12.5 Å². The summed E-state index contributed by atoms with van der Waals surface area (Å²) in [5, 5.41) is 2.65. The number of anilines is 1. The van der Waals surface area contributed by atoms with Gasteiger partial charge in [0.2, 0.25) is 0 Å². The van der Waals surface area contributed by atoms with Crippen molar-refractivity contribution in [3.8, 4) is 11.4 Å². The second-order valence-electron chi connectivity index (χ2n) is 7.44. The predicted octanol–water partition coefficient (Wildman–Crippen LogP) is 4.43. The molecule has 0 aliphatic carbocycles. The molecule has 0 bridgehead atoms. The highest BCUT2D eigenvalue weighted by atomic mass is 16.5. The summed E-state index contributed by atoms with van der Waals surface area (Å²) < 4.78 is 5.34. The van der Waals surface area contributed by atoms with E-state index in [1.54, 1.807) is 30.5 Å². The third-order valence-corrected chi connectivity index (χ3v) is 4.86. The van der Waals surface area contributed by atoms with E-state index >= 15 is 0 Å². The summed E-state index contributed by atoms with van der Waals surface area (Å²) in [5.41, 5.74) is 4.88. The Morgan fingerprint density at radius 2 is 1.77 bits per heavy atom. The molecule has 0 radical (unpaired) electrons. The van der Waals surface area contributed by atoms with Gasteiger partial charge in [0.15, 0.2) is 6.10 Å². The van der Waals surface area contributed by atoms with E-state index in [-0.39, 0.29) is 0 Å². The van der Waals surface area contributed by atoms with Crippen molar-refractivity contribution in [1.29, 1.82) is 0 Å². The number of carbonyl (C=O) groups excluding carboxylic acids is 2. The number of fused-ring (bicyclic) bond motifs is 1. The zero-order chi connectivity index (χ0) is 22.0. The molecule has 2 aromatic carbocycles. The number of nitrogens with one attached hydrogen (secondary N) is 2. The maximum atomic E-state index is 12.6. The van der Waals surface area contributed by atoms with Crippen molar-refractivity contribution in [2.24, 2.45) is 0 Å². The lowest BCUT2D eigenvalue weighted by Gasteiger charge is -2.13. The van der Waals surface area contributed by atoms with Gasteiger partial charge in [0.25, 0.3) is 5.91 Å². The number of aryl methyl sites for hydroxylation is 2. The molecule has 4 rings (SSSR count). The first-order chi connectivity index (χ1) is 14.9. The molecule has 0 saturated carbocycles. The smallest absolute Gasteiger partial charge is 0.338 e. The van der Waals surface area contributed by atoms with Crippen LogP contribution in [0.4, 0.5) is 5.82 Å². The Balaban J connectivity index is 1.47. The van der Waals surface area contributed by atoms with Crippen LogP contribution in [0.5, 0.6) is 0 Å². The monoisotopic (exact) mass is 414 g/mol. The van der Waals surface area contributed by atoms with Crippen LogP contribution < -0.4 is 5.32 Å². The number of ether oxygens (including phenoxy) is 1. The first-order valence-corrected chi connectivity index (χ1v) is 9.90. The van der Waals surface area contributed by atoms with Crippen molar-refractivity contribution >= 4 is 28.7 Å². The van der Waals surface area contributed by atoms with Gasteiger partial charge < -0.3 is 15.0 Å². The molecule has 31 heavy (non-hydrogen) atoms. The minimum absolute atomic E-state index is 0.333. The van der Waals surface area contributed by atoms with Crippen LogP contribution in [0.3, 0.4) is 0 Å². The number of carbonyl (C=O) groups is 2. The molecule has 0 fully saturated rings. The van der Waals surface area contributed by atoms with Crippen LogP contribution in [0.2, 0.25) is 0 Å². The highest BCUT2D eigenvalue weighted by Crippen LogP contribution is 2.22. The average molecular weight is 414 g/mol. The van der Waals surface area contributed by atoms with Crippen molar-refractivity contribution in [3.63, 3.8) is 0 Å². The number of hydrogen-bond donors (Lipinski definition) is 2. The number of rotatable bonds is 5. The predicted molar refractivity (Wildman–Crippen MR) is 119 cm³/mol. The fraction of sp³-hybridized carbons (Fsp3) is 0.167. The molecule has 0 saturated heterocycles. The number of aromatic nitrogens is 3. The summed E-state index contributed by atoms with van der Waals surface area (Å²) >= 11 is 0. The summed E-state index contributed by atoms with van der Waals surface area (Å²) in [6, 6.07) is 16.7. The molecule has 7 nitrogen and oxygen atoms in total. The summed E-state index contributed by atoms with van der Waals surface area (Å²) in [6.07, 6.45) is 0.627. The van der Waals surface area contributed by atoms with Crippen LogP contribution in [0, 0.1) is 13.8 Å². The van der Waals surface area contributed by atoms with Gasteiger partial charge in [-0.05, 0) is 56.7 Å². The summed E-state index contributed by atoms with van der Waals surface area (Å²) in [5.74, 6) is 0.0956. The number of pyridine rings is 1. The van der Waals surface area contributed by atoms with Crippen molar-refractivity contribution in [3.05, 3.63) is 77.5 Å². The van der Waals surface area contributed by atoms with Crippen molar-refractivity contribution in [1.82, 2.24) is 15.0 Å². The molecular weight excluding hydrogens is 392 g/mol. The highest BCUT2D eigenvalue weighted by molar-refractivity contribution is 5.98. The number of nitrogens with zero attached hydrogens (tertiary/aromatic N) is 2. The second kappa shape index (κ2) is 8.39. The number of H-pyrrole nitrogens is 1. The van der Waals surface area contributed by atoms with E-state index in [1.807, 2.05) is 44.2 Å². The van der Waals surface area contributed by atoms with Gasteiger partial charge in [-0.3, -0.25) is 4.79 Å². The maximum absolute atomic E-state index is 12.6. The molecule has 7 heteroatoms. The molecule has 2 heterocycles. The first-order valence-electron chi connectivity index (χ1n) is 9.90. The fourth-order valence-electron chi connectivity index (χ4n) is 3.10. The lowest BCUT2D eigenvalue weighted by atomic mass is 10.1. The minimum Gasteiger partial charge on any atom is -0.449 e. The summed E-state index contributed by atoms with van der Waals surface area (Å²) in [4.78, 5) is 36.8. The van der Waals surface area contributed by atoms with E-state index in [9.17, 15) is 9.59 Å². The maximum Gasteiger partial charge on any atom is 0.338 e. The van der Waals surface area contributed by atoms with Crippen LogP contribution in [-0.2, 0) is 9.53 Å². The Hall–Kier alpha value is -4.00. The number of esters is 1. The van der Waals surface area contributed by atoms with Gasteiger partial charge in [-0.2, -0.15) is 0 Å². The molecule has 1 atom stereocenters. The number of benzene rings is 2. The van der Waals surface area contributed by atoms with Gasteiger partial charge in [-0.15, -0.1) is 0 Å². The Bertz CT molecular complexity index is 1260. The first kappa shape index (κ1) is 20.3. The summed E-state index contributed by atoms with van der Waals surface area (Å²) in [7, 11) is 0. The Kier molecular flexibility index (Phi) is 5.49. The van der Waals surface area contributed by atoms with Crippen LogP contribution in [0.15, 0.2) is 60.8 Å². The lowest BCUT2D eigenvalue weighted by molar-refractivity contribution is -0.123. The van der Waals surface area contributed by atoms with E-state index in [0.717, 1.165) is 22.5 Å². The number of imidazole rings is 1. The van der Waals surface area contributed by atoms with E-state index in [2.05, 4.69) is 20.3 Å². The molecule has 1 unspecified atom stereocenters. The molecular formula is C24H22N4O3. The molecule has 0 spiro atoms. The third kappa shape index (κ3) is 4.61. The van der Waals surface area contributed by atoms with Crippen molar-refractivity contribution < 1.29 is 14.3 Å². The zero-order valence-electron chi connectivity index (χ0n) is 17.5. The van der Waals surface area contributed by atoms with Crippen LogP contribution in [0.25, 0.3) is 22.4 Å². The largest absolute Gasteiger partial charge is 0.449 e. The minimum atomic E-state index is -0.976. The zero-order valence-corrected chi connectivity index (χ0v) is 17.5. The van der Waals surface area contributed by atoms with Gasteiger partial charge in [0.1, 0.15) is 11.6 Å². The Labute approximate surface area is 179 Å². The van der Waals surface area contributed by atoms with Crippen LogP contribution in [-0.4, -0.2) is 32.9 Å². The number of aromatic amines is 1. The van der Waals surface area contributed by atoms with Crippen LogP contribution in [0.1, 0.15) is 28.4 Å². The molecule has 1 amide bonds. The molecule has 0 aliphatic heterocycles. The van der Waals surface area contributed by atoms with Gasteiger partial charge in [-0.25, -0.2) is 14.8 Å². The molecule has 4 aromatic rings. The topological polar surface area (TPSA) is 97.0 Å². The number of hydrogen-bond acceptors (Lipinski definition) is 5. The van der Waals surface area contributed by atoms with E-state index < -0.39 is 18.0 Å². The third-order valence-electron chi connectivity index (χ3n) is 4.86. The molecule has 156 valence electrons. The lowest BCUT2D eigenvalue weighted by Crippen LogP contribution is -2.30. The quantitative estimate of drug-likeness (QED) is 0.471. The highest BCUT2D eigenvalue weighted by Gasteiger charge is 2.20. The number of amides is 1. The van der Waals surface area contributed by atoms with E-state index in [4.69, 9.17) is 4.74 Å². The fourth-order valence-corrected chi connectivity index (χ4v) is 3.10.